The van der Waals surface area contributed by atoms with Crippen molar-refractivity contribution < 1.29 is 19.0 Å². The lowest BCUT2D eigenvalue weighted by Gasteiger charge is -2.58. The van der Waals surface area contributed by atoms with Gasteiger partial charge in [0.1, 0.15) is 6.10 Å². The van der Waals surface area contributed by atoms with Gasteiger partial charge in [-0.3, -0.25) is 0 Å². The van der Waals surface area contributed by atoms with Crippen molar-refractivity contribution in [2.45, 2.75) is 184 Å². The molecule has 8 heteroatoms. The number of unbranched alkanes of at least 4 members (excludes halogenated alkanes) is 1. The van der Waals surface area contributed by atoms with E-state index in [0.717, 1.165) is 93.8 Å². The average molecular weight is 757 g/mol. The van der Waals surface area contributed by atoms with Gasteiger partial charge in [0.15, 0.2) is 0 Å². The number of ether oxygens (including phenoxy) is 3. The molecule has 0 spiro atoms. The van der Waals surface area contributed by atoms with Gasteiger partial charge >= 0.3 is 6.09 Å². The molecule has 54 heavy (non-hydrogen) atoms. The molecule has 10 atom stereocenters. The van der Waals surface area contributed by atoms with E-state index in [4.69, 9.17) is 25.8 Å². The average Bonchev–Trinajstić information content (AvgIpc) is 3.46. The third kappa shape index (κ3) is 12.1. The van der Waals surface area contributed by atoms with Crippen molar-refractivity contribution in [3.8, 4) is 0 Å². The summed E-state index contributed by atoms with van der Waals surface area (Å²) in [6.07, 6.45) is 21.4. The molecule has 0 aromatic rings. The molecule has 0 heterocycles. The number of nitrogens with two attached hydrogens (primary N) is 2. The van der Waals surface area contributed by atoms with Crippen LogP contribution in [0.4, 0.5) is 4.79 Å². The number of nitrogens with zero attached hydrogens (tertiary/aromatic N) is 1. The molecule has 3 fully saturated rings. The first-order valence-electron chi connectivity index (χ1n) is 22.3. The molecule has 2 unspecified atom stereocenters. The van der Waals surface area contributed by atoms with Crippen LogP contribution in [-0.4, -0.2) is 55.7 Å². The zero-order valence-corrected chi connectivity index (χ0v) is 36.5. The van der Waals surface area contributed by atoms with Crippen molar-refractivity contribution in [3.05, 3.63) is 23.5 Å². The summed E-state index contributed by atoms with van der Waals surface area (Å²) in [6.45, 7) is 25.8. The maximum atomic E-state index is 13.0. The molecule has 4 rings (SSSR count). The Kier molecular flexibility index (Phi) is 16.7. The molecule has 0 aliphatic heterocycles. The maximum Gasteiger partial charge on any atom is 0.407 e. The maximum absolute atomic E-state index is 13.0. The summed E-state index contributed by atoms with van der Waals surface area (Å²) in [6, 6.07) is -0.172. The number of hydrazine groups is 1. The van der Waals surface area contributed by atoms with E-state index in [2.05, 4.69) is 66.8 Å². The van der Waals surface area contributed by atoms with Gasteiger partial charge in [-0.2, -0.15) is 0 Å². The highest BCUT2D eigenvalue weighted by atomic mass is 16.6. The minimum atomic E-state index is -0.341. The fourth-order valence-electron chi connectivity index (χ4n) is 11.2. The molecule has 312 valence electrons. The van der Waals surface area contributed by atoms with Crippen LogP contribution in [0.15, 0.2) is 23.5 Å². The molecule has 0 aromatic carbocycles. The number of amides is 1. The first-order valence-corrected chi connectivity index (χ1v) is 22.3. The fraction of sp³-hybridized carbons (Fsp3) is 0.891. The van der Waals surface area contributed by atoms with Crippen LogP contribution in [-0.2, 0) is 14.2 Å². The Morgan fingerprint density at radius 1 is 1.04 bits per heavy atom. The zero-order chi connectivity index (χ0) is 39.7. The number of allylic oxidation sites excluding steroid dienone is 1. The van der Waals surface area contributed by atoms with Crippen LogP contribution in [0.2, 0.25) is 0 Å². The Bertz CT molecular complexity index is 1230. The van der Waals surface area contributed by atoms with Crippen molar-refractivity contribution in [2.75, 3.05) is 26.4 Å². The van der Waals surface area contributed by atoms with Crippen molar-refractivity contribution in [1.29, 1.82) is 0 Å². The molecule has 0 radical (unpaired) electrons. The van der Waals surface area contributed by atoms with Crippen molar-refractivity contribution in [2.24, 2.45) is 63.3 Å². The number of hydrogen-bond acceptors (Lipinski definition) is 7. The topological polar surface area (TPSA) is 112 Å². The Morgan fingerprint density at radius 3 is 2.52 bits per heavy atom. The molecule has 8 nitrogen and oxygen atoms in total. The van der Waals surface area contributed by atoms with Gasteiger partial charge in [-0.1, -0.05) is 86.3 Å². The van der Waals surface area contributed by atoms with Gasteiger partial charge < -0.3 is 30.3 Å². The predicted octanol–water partition coefficient (Wildman–Crippen LogP) is 10.5. The third-order valence-corrected chi connectivity index (χ3v) is 14.8. The Morgan fingerprint density at radius 2 is 1.80 bits per heavy atom. The largest absolute Gasteiger partial charge is 0.446 e. The normalized spacial score (nSPS) is 31.5. The van der Waals surface area contributed by atoms with E-state index in [1.165, 1.54) is 51.4 Å². The molecule has 3 saturated carbocycles. The third-order valence-electron chi connectivity index (χ3n) is 14.8. The standard InChI is InChI=1S/C46H84N4O4/c1-11-44(7,8)31-52-26-13-12-25-50(48)29-37(47)27-35(6)53-30-34(5)49-43(51)54-38-21-23-45(9)36(28-38)17-18-39-41-20-19-40(33(4)16-14-15-32(2)3)46(41,10)24-22-42(39)45/h17,29,32-35,38-42H,11-16,18-28,30-31,47-48H2,1-10H3,(H,49,51)/b37-29-/t33-,34?,35?,38+,39+,40-,41+,42+,45+,46-/m1/s1. The molecule has 1 amide bonds. The van der Waals surface area contributed by atoms with Crippen molar-refractivity contribution in [3.63, 3.8) is 0 Å². The monoisotopic (exact) mass is 757 g/mol. The van der Waals surface area contributed by atoms with Crippen LogP contribution in [0.3, 0.4) is 0 Å². The van der Waals surface area contributed by atoms with E-state index in [9.17, 15) is 4.79 Å². The molecule has 0 aromatic heterocycles. The number of carbonyl (C=O) groups is 1. The minimum Gasteiger partial charge on any atom is -0.446 e. The van der Waals surface area contributed by atoms with Crippen molar-refractivity contribution in [1.82, 2.24) is 10.3 Å². The minimum absolute atomic E-state index is 0.0609. The summed E-state index contributed by atoms with van der Waals surface area (Å²) >= 11 is 0. The van der Waals surface area contributed by atoms with Gasteiger partial charge in [-0.25, -0.2) is 10.6 Å². The summed E-state index contributed by atoms with van der Waals surface area (Å²) < 4.78 is 17.9. The van der Waals surface area contributed by atoms with E-state index in [1.807, 2.05) is 13.8 Å². The molecule has 4 aliphatic carbocycles. The van der Waals surface area contributed by atoms with Gasteiger partial charge in [0.05, 0.1) is 25.4 Å². The van der Waals surface area contributed by atoms with E-state index < -0.39 is 0 Å². The number of alkyl carbamates (subject to hydrolysis) is 1. The van der Waals surface area contributed by atoms with Crippen LogP contribution >= 0.6 is 0 Å². The molecular weight excluding hydrogens is 673 g/mol. The number of carbonyl (C=O) groups excluding carboxylic acids is 1. The Balaban J connectivity index is 1.15. The fourth-order valence-corrected chi connectivity index (χ4v) is 11.2. The molecule has 4 aliphatic rings. The van der Waals surface area contributed by atoms with Gasteiger partial charge in [0, 0.05) is 37.9 Å². The van der Waals surface area contributed by atoms with E-state index in [0.29, 0.717) is 24.1 Å². The number of fused-ring (bicyclic) bond motifs is 5. The first-order chi connectivity index (χ1) is 25.5. The summed E-state index contributed by atoms with van der Waals surface area (Å²) in [7, 11) is 0. The van der Waals surface area contributed by atoms with Gasteiger partial charge in [-0.05, 0) is 130 Å². The highest BCUT2D eigenvalue weighted by Gasteiger charge is 2.59. The second kappa shape index (κ2) is 20.1. The molecule has 5 N–H and O–H groups in total. The summed E-state index contributed by atoms with van der Waals surface area (Å²) in [4.78, 5) is 13.0. The van der Waals surface area contributed by atoms with E-state index in [-0.39, 0.29) is 35.2 Å². The number of hydrogen-bond donors (Lipinski definition) is 3. The predicted molar refractivity (Wildman–Crippen MR) is 223 cm³/mol. The van der Waals surface area contributed by atoms with Gasteiger partial charge in [0.25, 0.3) is 0 Å². The highest BCUT2D eigenvalue weighted by Crippen LogP contribution is 2.67. The van der Waals surface area contributed by atoms with Crippen molar-refractivity contribution >= 4 is 6.09 Å². The SMILES string of the molecule is CCC(C)(C)COCCCCN(N)/C=C(\N)CC(C)OCC(C)NC(=O)O[C@H]1CC[C@@]2(C)C(=CC[C@H]3[C@@H]4CC[C@H]([C@H](C)CCCC(C)C)[C@@]4(C)CC[C@@H]32)C1. The Hall–Kier alpha value is -1.77. The van der Waals surface area contributed by atoms with Crippen LogP contribution in [0.25, 0.3) is 0 Å². The van der Waals surface area contributed by atoms with Crippen LogP contribution in [0.5, 0.6) is 0 Å². The van der Waals surface area contributed by atoms with E-state index in [1.54, 1.807) is 16.8 Å². The number of rotatable bonds is 21. The lowest BCUT2D eigenvalue weighted by Crippen LogP contribution is -2.51. The smallest absolute Gasteiger partial charge is 0.407 e. The highest BCUT2D eigenvalue weighted by molar-refractivity contribution is 5.67. The molecule has 0 saturated heterocycles. The lowest BCUT2D eigenvalue weighted by molar-refractivity contribution is -0.0583. The second-order valence-corrected chi connectivity index (χ2v) is 20.2. The Labute approximate surface area is 331 Å². The zero-order valence-electron chi connectivity index (χ0n) is 36.5. The summed E-state index contributed by atoms with van der Waals surface area (Å²) in [5, 5.41) is 4.67. The molecule has 0 bridgehead atoms. The number of nitrogens with one attached hydrogen (secondary N) is 1. The van der Waals surface area contributed by atoms with Crippen LogP contribution < -0.4 is 16.9 Å². The van der Waals surface area contributed by atoms with Crippen LogP contribution in [0, 0.1) is 51.8 Å². The quantitative estimate of drug-likeness (QED) is 0.0463. The second-order valence-electron chi connectivity index (χ2n) is 20.2. The van der Waals surface area contributed by atoms with Gasteiger partial charge in [0.2, 0.25) is 0 Å². The first kappa shape index (κ1) is 44.9. The van der Waals surface area contributed by atoms with Crippen LogP contribution in [0.1, 0.15) is 166 Å². The summed E-state index contributed by atoms with van der Waals surface area (Å²) in [5.74, 6) is 11.2. The lowest BCUT2D eigenvalue weighted by atomic mass is 9.47. The van der Waals surface area contributed by atoms with E-state index >= 15 is 0 Å². The van der Waals surface area contributed by atoms with Gasteiger partial charge in [-0.15, -0.1) is 0 Å². The summed E-state index contributed by atoms with van der Waals surface area (Å²) in [5.41, 5.74) is 9.50. The molecular formula is C46H84N4O4.